The van der Waals surface area contributed by atoms with Crippen LogP contribution in [0.15, 0.2) is 65.6 Å². The minimum atomic E-state index is -0.245. The Balaban J connectivity index is 1.79. The Morgan fingerprint density at radius 1 is 1.09 bits per heavy atom. The fourth-order valence-electron chi connectivity index (χ4n) is 4.16. The minimum absolute atomic E-state index is 0.0900. The van der Waals surface area contributed by atoms with E-state index in [1.54, 1.807) is 36.1 Å². The monoisotopic (exact) mass is 426 g/mol. The van der Waals surface area contributed by atoms with Crippen molar-refractivity contribution in [3.63, 3.8) is 0 Å². The number of ether oxygens (including phenoxy) is 1. The van der Waals surface area contributed by atoms with Crippen LogP contribution in [0.2, 0.25) is 0 Å². The molecular weight excluding hydrogens is 404 g/mol. The Hall–Kier alpha value is -4.13. The molecule has 0 amide bonds. The molecule has 160 valence electrons. The van der Waals surface area contributed by atoms with Gasteiger partial charge in [-0.15, -0.1) is 0 Å². The van der Waals surface area contributed by atoms with Crippen LogP contribution >= 0.6 is 0 Å². The maximum absolute atomic E-state index is 13.7. The van der Waals surface area contributed by atoms with E-state index in [4.69, 9.17) is 9.72 Å². The van der Waals surface area contributed by atoms with E-state index < -0.39 is 0 Å². The fourth-order valence-corrected chi connectivity index (χ4v) is 4.16. The number of rotatable bonds is 4. The van der Waals surface area contributed by atoms with Crippen molar-refractivity contribution in [1.82, 2.24) is 19.1 Å². The first-order chi connectivity index (χ1) is 15.5. The molecule has 0 aliphatic heterocycles. The van der Waals surface area contributed by atoms with Crippen molar-refractivity contribution in [2.45, 2.75) is 13.3 Å². The molecule has 1 N–H and O–H groups in total. The molecule has 2 aromatic carbocycles. The van der Waals surface area contributed by atoms with Gasteiger partial charge in [-0.1, -0.05) is 12.1 Å². The van der Waals surface area contributed by atoms with Crippen LogP contribution in [-0.4, -0.2) is 31.3 Å². The van der Waals surface area contributed by atoms with E-state index in [9.17, 15) is 9.90 Å². The standard InChI is InChI=1S/C25H22N4O3/c1-15-20(5-4-12-26-15)29-21-14-17(30)8-11-19(21)24-23(25(29)31)27-22(28(24)2)13-16-6-9-18(32-3)10-7-16/h4-12,14,30H,13H2,1-3H3. The quantitative estimate of drug-likeness (QED) is 0.472. The number of imidazole rings is 1. The molecule has 3 heterocycles. The molecule has 0 unspecified atom stereocenters. The Morgan fingerprint density at radius 2 is 1.88 bits per heavy atom. The minimum Gasteiger partial charge on any atom is -0.508 e. The molecule has 0 spiro atoms. The molecule has 7 heteroatoms. The first kappa shape index (κ1) is 19.8. The molecule has 0 radical (unpaired) electrons. The first-order valence-corrected chi connectivity index (χ1v) is 10.3. The van der Waals surface area contributed by atoms with Gasteiger partial charge in [0.2, 0.25) is 0 Å². The van der Waals surface area contributed by atoms with Gasteiger partial charge in [-0.2, -0.15) is 0 Å². The van der Waals surface area contributed by atoms with Crippen LogP contribution in [0.3, 0.4) is 0 Å². The number of aromatic hydroxyl groups is 1. The van der Waals surface area contributed by atoms with Crippen molar-refractivity contribution in [3.05, 3.63) is 88.2 Å². The summed E-state index contributed by atoms with van der Waals surface area (Å²) >= 11 is 0. The van der Waals surface area contributed by atoms with E-state index in [-0.39, 0.29) is 11.3 Å². The highest BCUT2D eigenvalue weighted by Crippen LogP contribution is 2.29. The van der Waals surface area contributed by atoms with E-state index in [1.165, 1.54) is 0 Å². The van der Waals surface area contributed by atoms with Gasteiger partial charge in [0.05, 0.1) is 29.5 Å². The van der Waals surface area contributed by atoms with Gasteiger partial charge in [0.15, 0.2) is 5.52 Å². The molecule has 0 saturated heterocycles. The van der Waals surface area contributed by atoms with Crippen LogP contribution in [0.5, 0.6) is 11.5 Å². The predicted molar refractivity (Wildman–Crippen MR) is 124 cm³/mol. The third kappa shape index (κ3) is 3.10. The summed E-state index contributed by atoms with van der Waals surface area (Å²) in [5, 5.41) is 11.0. The molecule has 0 atom stereocenters. The van der Waals surface area contributed by atoms with Gasteiger partial charge in [-0.3, -0.25) is 14.3 Å². The molecular formula is C25H22N4O3. The lowest BCUT2D eigenvalue weighted by Gasteiger charge is -2.13. The van der Waals surface area contributed by atoms with E-state index in [2.05, 4.69) is 4.98 Å². The van der Waals surface area contributed by atoms with Crippen LogP contribution in [0, 0.1) is 6.92 Å². The van der Waals surface area contributed by atoms with E-state index in [0.29, 0.717) is 28.8 Å². The number of pyridine rings is 2. The van der Waals surface area contributed by atoms with Gasteiger partial charge >= 0.3 is 0 Å². The Morgan fingerprint density at radius 3 is 2.59 bits per heavy atom. The molecule has 0 aliphatic rings. The van der Waals surface area contributed by atoms with E-state index in [1.807, 2.05) is 54.9 Å². The predicted octanol–water partition coefficient (Wildman–Crippen LogP) is 3.89. The summed E-state index contributed by atoms with van der Waals surface area (Å²) in [5.41, 5.74) is 3.94. The van der Waals surface area contributed by atoms with Gasteiger partial charge < -0.3 is 14.4 Å². The van der Waals surface area contributed by atoms with Crippen LogP contribution in [-0.2, 0) is 13.5 Å². The van der Waals surface area contributed by atoms with Crippen LogP contribution in [0.25, 0.3) is 27.6 Å². The Kier molecular flexibility index (Phi) is 4.66. The molecule has 32 heavy (non-hydrogen) atoms. The number of methoxy groups -OCH3 is 1. The number of hydrogen-bond acceptors (Lipinski definition) is 5. The highest BCUT2D eigenvalue weighted by atomic mass is 16.5. The van der Waals surface area contributed by atoms with Gasteiger partial charge in [-0.05, 0) is 48.9 Å². The summed E-state index contributed by atoms with van der Waals surface area (Å²) in [6, 6.07) is 16.5. The SMILES string of the molecule is COc1ccc(Cc2nc3c(=O)n(-c4cccnc4C)c4cc(O)ccc4c3n2C)cc1. The van der Waals surface area contributed by atoms with Crippen molar-refractivity contribution in [2.24, 2.45) is 7.05 Å². The number of nitrogens with zero attached hydrogens (tertiary/aromatic N) is 4. The highest BCUT2D eigenvalue weighted by Gasteiger charge is 2.20. The van der Waals surface area contributed by atoms with Crippen molar-refractivity contribution in [1.29, 1.82) is 0 Å². The van der Waals surface area contributed by atoms with Crippen LogP contribution < -0.4 is 10.3 Å². The zero-order valence-electron chi connectivity index (χ0n) is 18.0. The summed E-state index contributed by atoms with van der Waals surface area (Å²) in [6.45, 7) is 1.86. The molecule has 5 aromatic rings. The van der Waals surface area contributed by atoms with Crippen LogP contribution in [0.1, 0.15) is 17.1 Å². The van der Waals surface area contributed by atoms with Crippen molar-refractivity contribution >= 4 is 21.9 Å². The molecule has 0 saturated carbocycles. The number of aromatic nitrogens is 4. The molecule has 7 nitrogen and oxygen atoms in total. The second-order valence-corrected chi connectivity index (χ2v) is 7.76. The topological polar surface area (TPSA) is 82.2 Å². The highest BCUT2D eigenvalue weighted by molar-refractivity contribution is 6.03. The lowest BCUT2D eigenvalue weighted by Crippen LogP contribution is -2.20. The largest absolute Gasteiger partial charge is 0.508 e. The Labute approximate surface area is 184 Å². The number of phenols is 1. The van der Waals surface area contributed by atoms with Crippen LogP contribution in [0.4, 0.5) is 0 Å². The third-order valence-corrected chi connectivity index (χ3v) is 5.81. The average Bonchev–Trinajstić information content (AvgIpc) is 3.12. The average molecular weight is 426 g/mol. The number of fused-ring (bicyclic) bond motifs is 3. The number of aryl methyl sites for hydroxylation is 2. The van der Waals surface area contributed by atoms with Crippen molar-refractivity contribution in [3.8, 4) is 17.2 Å². The van der Waals surface area contributed by atoms with Gasteiger partial charge in [0.1, 0.15) is 17.3 Å². The second-order valence-electron chi connectivity index (χ2n) is 7.76. The molecule has 0 fully saturated rings. The molecule has 5 rings (SSSR count). The van der Waals surface area contributed by atoms with E-state index >= 15 is 0 Å². The lowest BCUT2D eigenvalue weighted by molar-refractivity contribution is 0.414. The first-order valence-electron chi connectivity index (χ1n) is 10.3. The zero-order valence-corrected chi connectivity index (χ0v) is 18.0. The summed E-state index contributed by atoms with van der Waals surface area (Å²) in [4.78, 5) is 22.8. The van der Waals surface area contributed by atoms with Gasteiger partial charge in [-0.25, -0.2) is 4.98 Å². The summed E-state index contributed by atoms with van der Waals surface area (Å²) in [5.74, 6) is 1.66. The summed E-state index contributed by atoms with van der Waals surface area (Å²) < 4.78 is 8.79. The maximum atomic E-state index is 13.7. The zero-order chi connectivity index (χ0) is 22.4. The molecule has 3 aromatic heterocycles. The number of phenolic OH excluding ortho intramolecular Hbond substituents is 1. The van der Waals surface area contributed by atoms with E-state index in [0.717, 1.165) is 28.0 Å². The summed E-state index contributed by atoms with van der Waals surface area (Å²) in [7, 11) is 3.55. The second kappa shape index (κ2) is 7.53. The maximum Gasteiger partial charge on any atom is 0.283 e. The Bertz CT molecular complexity index is 1530. The van der Waals surface area contributed by atoms with Gasteiger partial charge in [0.25, 0.3) is 5.56 Å². The number of benzene rings is 2. The number of hydrogen-bond donors (Lipinski definition) is 1. The van der Waals surface area contributed by atoms with Gasteiger partial charge in [0, 0.05) is 31.1 Å². The normalized spacial score (nSPS) is 11.3. The smallest absolute Gasteiger partial charge is 0.283 e. The third-order valence-electron chi connectivity index (χ3n) is 5.81. The molecule has 0 bridgehead atoms. The van der Waals surface area contributed by atoms with Crippen molar-refractivity contribution < 1.29 is 9.84 Å². The van der Waals surface area contributed by atoms with Crippen molar-refractivity contribution in [2.75, 3.05) is 7.11 Å². The fraction of sp³-hybridized carbons (Fsp3) is 0.160. The summed E-state index contributed by atoms with van der Waals surface area (Å²) in [6.07, 6.45) is 2.26. The molecule has 0 aliphatic carbocycles. The lowest BCUT2D eigenvalue weighted by atomic mass is 10.1.